The van der Waals surface area contributed by atoms with E-state index in [-0.39, 0.29) is 0 Å². The van der Waals surface area contributed by atoms with Gasteiger partial charge in [-0.2, -0.15) is 0 Å². The number of nitrogens with one attached hydrogen (secondary N) is 1. The molecular formula is C13H16N2. The molecule has 2 nitrogen and oxygen atoms in total. The molecule has 0 aliphatic heterocycles. The van der Waals surface area contributed by atoms with Crippen molar-refractivity contribution < 1.29 is 0 Å². The summed E-state index contributed by atoms with van der Waals surface area (Å²) in [4.78, 5) is 3.53. The van der Waals surface area contributed by atoms with E-state index in [0.717, 1.165) is 19.3 Å². The lowest BCUT2D eigenvalue weighted by molar-refractivity contribution is 0.572. The van der Waals surface area contributed by atoms with Crippen LogP contribution in [0.25, 0.3) is 10.9 Å². The maximum Gasteiger partial charge on any atom is 0.0488 e. The van der Waals surface area contributed by atoms with Crippen LogP contribution in [0, 0.1) is 6.92 Å². The van der Waals surface area contributed by atoms with Gasteiger partial charge in [-0.1, -0.05) is 18.2 Å². The summed E-state index contributed by atoms with van der Waals surface area (Å²) in [5, 5.41) is 1.40. The second-order valence-electron chi connectivity index (χ2n) is 4.58. The predicted octanol–water partition coefficient (Wildman–Crippen LogP) is 2.29. The minimum atomic E-state index is 0.339. The van der Waals surface area contributed by atoms with E-state index in [1.807, 2.05) is 0 Å². The van der Waals surface area contributed by atoms with Gasteiger partial charge in [0.15, 0.2) is 0 Å². The summed E-state index contributed by atoms with van der Waals surface area (Å²) in [6.07, 6.45) is 3.25. The molecule has 1 aromatic carbocycles. The van der Waals surface area contributed by atoms with Gasteiger partial charge < -0.3 is 10.7 Å². The fourth-order valence-electron chi connectivity index (χ4n) is 2.63. The maximum atomic E-state index is 5.99. The zero-order chi connectivity index (χ0) is 10.4. The summed E-state index contributed by atoms with van der Waals surface area (Å²) in [6.45, 7) is 2.16. The quantitative estimate of drug-likeness (QED) is 0.673. The highest BCUT2D eigenvalue weighted by Crippen LogP contribution is 2.29. The third kappa shape index (κ3) is 1.29. The highest BCUT2D eigenvalue weighted by Gasteiger charge is 2.19. The largest absolute Gasteiger partial charge is 0.358 e. The van der Waals surface area contributed by atoms with Crippen molar-refractivity contribution in [1.29, 1.82) is 0 Å². The first-order valence-electron chi connectivity index (χ1n) is 5.60. The minimum Gasteiger partial charge on any atom is -0.358 e. The van der Waals surface area contributed by atoms with Crippen molar-refractivity contribution in [3.63, 3.8) is 0 Å². The topological polar surface area (TPSA) is 41.8 Å². The van der Waals surface area contributed by atoms with E-state index in [1.165, 1.54) is 27.7 Å². The van der Waals surface area contributed by atoms with Crippen LogP contribution in [-0.2, 0) is 12.8 Å². The van der Waals surface area contributed by atoms with Crippen molar-refractivity contribution in [3.8, 4) is 0 Å². The average molecular weight is 200 g/mol. The highest BCUT2D eigenvalue weighted by atomic mass is 14.8. The van der Waals surface area contributed by atoms with Crippen LogP contribution in [0.2, 0.25) is 0 Å². The fourth-order valence-corrected chi connectivity index (χ4v) is 2.63. The first-order valence-corrected chi connectivity index (χ1v) is 5.60. The number of H-pyrrole nitrogens is 1. The lowest BCUT2D eigenvalue weighted by atomic mass is 9.92. The molecule has 0 saturated heterocycles. The van der Waals surface area contributed by atoms with Gasteiger partial charge in [0.25, 0.3) is 0 Å². The Labute approximate surface area is 89.5 Å². The molecule has 0 saturated carbocycles. The van der Waals surface area contributed by atoms with Gasteiger partial charge in [0.05, 0.1) is 0 Å². The van der Waals surface area contributed by atoms with E-state index in [9.17, 15) is 0 Å². The molecule has 78 valence electrons. The number of aryl methyl sites for hydroxylation is 2. The van der Waals surface area contributed by atoms with Crippen LogP contribution >= 0.6 is 0 Å². The Morgan fingerprint density at radius 2 is 2.27 bits per heavy atom. The van der Waals surface area contributed by atoms with E-state index < -0.39 is 0 Å². The summed E-state index contributed by atoms with van der Waals surface area (Å²) in [5.41, 5.74) is 11.5. The second kappa shape index (κ2) is 3.11. The van der Waals surface area contributed by atoms with Gasteiger partial charge in [0.1, 0.15) is 0 Å². The monoisotopic (exact) mass is 200 g/mol. The highest BCUT2D eigenvalue weighted by molar-refractivity contribution is 5.87. The van der Waals surface area contributed by atoms with Gasteiger partial charge in [-0.25, -0.2) is 0 Å². The first-order chi connectivity index (χ1) is 7.25. The van der Waals surface area contributed by atoms with Crippen LogP contribution in [0.1, 0.15) is 23.2 Å². The van der Waals surface area contributed by atoms with Crippen LogP contribution < -0.4 is 5.73 Å². The summed E-state index contributed by atoms with van der Waals surface area (Å²) < 4.78 is 0. The molecule has 1 aliphatic rings. The zero-order valence-corrected chi connectivity index (χ0v) is 9.01. The van der Waals surface area contributed by atoms with Gasteiger partial charge >= 0.3 is 0 Å². The molecule has 0 radical (unpaired) electrons. The van der Waals surface area contributed by atoms with Crippen molar-refractivity contribution in [2.45, 2.75) is 32.2 Å². The Kier molecular flexibility index (Phi) is 1.86. The van der Waals surface area contributed by atoms with Crippen molar-refractivity contribution in [1.82, 2.24) is 4.98 Å². The number of aromatic amines is 1. The molecule has 2 heteroatoms. The van der Waals surface area contributed by atoms with Gasteiger partial charge in [-0.05, 0) is 30.9 Å². The molecule has 0 amide bonds. The molecule has 0 fully saturated rings. The smallest absolute Gasteiger partial charge is 0.0488 e. The third-order valence-corrected chi connectivity index (χ3v) is 3.47. The van der Waals surface area contributed by atoms with Crippen molar-refractivity contribution in [3.05, 3.63) is 35.0 Å². The molecule has 3 rings (SSSR count). The van der Waals surface area contributed by atoms with Gasteiger partial charge in [0, 0.05) is 29.1 Å². The van der Waals surface area contributed by atoms with E-state index in [0.29, 0.717) is 6.04 Å². The molecule has 15 heavy (non-hydrogen) atoms. The molecule has 1 unspecified atom stereocenters. The van der Waals surface area contributed by atoms with E-state index in [4.69, 9.17) is 5.73 Å². The molecule has 0 spiro atoms. The molecular weight excluding hydrogens is 184 g/mol. The summed E-state index contributed by atoms with van der Waals surface area (Å²) in [5.74, 6) is 0. The van der Waals surface area contributed by atoms with Gasteiger partial charge in [0.2, 0.25) is 0 Å². The number of benzene rings is 1. The van der Waals surface area contributed by atoms with E-state index in [2.05, 4.69) is 30.1 Å². The Balaban J connectivity index is 2.27. The standard InChI is InChI=1S/C13H16N2/c1-8-3-2-4-11-10-6-5-9(14)7-12(10)15-13(8)11/h2-4,9,15H,5-7,14H2,1H3. The zero-order valence-electron chi connectivity index (χ0n) is 9.01. The molecule has 1 atom stereocenters. The number of hydrogen-bond donors (Lipinski definition) is 2. The Bertz CT molecular complexity index is 510. The average Bonchev–Trinajstić information content (AvgIpc) is 2.57. The van der Waals surface area contributed by atoms with Crippen LogP contribution in [-0.4, -0.2) is 11.0 Å². The van der Waals surface area contributed by atoms with Crippen LogP contribution in [0.4, 0.5) is 0 Å². The molecule has 0 bridgehead atoms. The van der Waals surface area contributed by atoms with Crippen LogP contribution in [0.5, 0.6) is 0 Å². The van der Waals surface area contributed by atoms with Crippen molar-refractivity contribution in [2.24, 2.45) is 5.73 Å². The van der Waals surface area contributed by atoms with Crippen LogP contribution in [0.3, 0.4) is 0 Å². The third-order valence-electron chi connectivity index (χ3n) is 3.47. The number of hydrogen-bond acceptors (Lipinski definition) is 1. The molecule has 3 N–H and O–H groups in total. The first kappa shape index (κ1) is 8.98. The van der Waals surface area contributed by atoms with Gasteiger partial charge in [-0.3, -0.25) is 0 Å². The normalized spacial score (nSPS) is 20.5. The number of aromatic nitrogens is 1. The number of para-hydroxylation sites is 1. The fraction of sp³-hybridized carbons (Fsp3) is 0.385. The Morgan fingerprint density at radius 3 is 3.13 bits per heavy atom. The lowest BCUT2D eigenvalue weighted by Gasteiger charge is -2.17. The van der Waals surface area contributed by atoms with Crippen LogP contribution in [0.15, 0.2) is 18.2 Å². The second-order valence-corrected chi connectivity index (χ2v) is 4.58. The van der Waals surface area contributed by atoms with E-state index in [1.54, 1.807) is 0 Å². The van der Waals surface area contributed by atoms with Gasteiger partial charge in [-0.15, -0.1) is 0 Å². The Hall–Kier alpha value is -1.28. The minimum absolute atomic E-state index is 0.339. The number of fused-ring (bicyclic) bond motifs is 3. The number of rotatable bonds is 0. The summed E-state index contributed by atoms with van der Waals surface area (Å²) >= 11 is 0. The maximum absolute atomic E-state index is 5.99. The molecule has 2 aromatic rings. The Morgan fingerprint density at radius 1 is 1.40 bits per heavy atom. The molecule has 1 heterocycles. The van der Waals surface area contributed by atoms with Crippen molar-refractivity contribution in [2.75, 3.05) is 0 Å². The molecule has 1 aromatic heterocycles. The SMILES string of the molecule is Cc1cccc2c3c([nH]c12)CC(N)CC3. The molecule has 1 aliphatic carbocycles. The van der Waals surface area contributed by atoms with Crippen molar-refractivity contribution >= 4 is 10.9 Å². The number of nitrogens with two attached hydrogens (primary N) is 1. The summed E-state index contributed by atoms with van der Waals surface area (Å²) in [7, 11) is 0. The lowest BCUT2D eigenvalue weighted by Crippen LogP contribution is -2.27. The van der Waals surface area contributed by atoms with E-state index >= 15 is 0 Å². The predicted molar refractivity (Wildman–Crippen MR) is 63.0 cm³/mol. The summed E-state index contributed by atoms with van der Waals surface area (Å²) in [6, 6.07) is 6.85.